The predicted molar refractivity (Wildman–Crippen MR) is 83.9 cm³/mol. The van der Waals surface area contributed by atoms with Gasteiger partial charge < -0.3 is 4.90 Å². The van der Waals surface area contributed by atoms with Gasteiger partial charge in [0, 0.05) is 25.2 Å². The van der Waals surface area contributed by atoms with Gasteiger partial charge in [-0.3, -0.25) is 19.3 Å². The van der Waals surface area contributed by atoms with Crippen LogP contribution in [0.25, 0.3) is 0 Å². The summed E-state index contributed by atoms with van der Waals surface area (Å²) in [6.07, 6.45) is 8.28. The molecule has 22 heavy (non-hydrogen) atoms. The van der Waals surface area contributed by atoms with Gasteiger partial charge in [0.05, 0.1) is 0 Å². The molecule has 5 heteroatoms. The third-order valence-electron chi connectivity index (χ3n) is 4.56. The molecule has 0 spiro atoms. The van der Waals surface area contributed by atoms with Crippen LogP contribution >= 0.6 is 0 Å². The first-order chi connectivity index (χ1) is 10.5. The molecule has 0 aliphatic carbocycles. The number of rotatable bonds is 6. The van der Waals surface area contributed by atoms with Crippen molar-refractivity contribution in [3.05, 3.63) is 12.2 Å². The van der Waals surface area contributed by atoms with Crippen molar-refractivity contribution in [1.29, 1.82) is 0 Å². The van der Waals surface area contributed by atoms with Crippen molar-refractivity contribution in [3.63, 3.8) is 0 Å². The lowest BCUT2D eigenvalue weighted by Gasteiger charge is -2.33. The van der Waals surface area contributed by atoms with Crippen molar-refractivity contribution in [2.24, 2.45) is 11.8 Å². The van der Waals surface area contributed by atoms with E-state index in [-0.39, 0.29) is 24.3 Å². The Balaban J connectivity index is 1.71. The zero-order valence-electron chi connectivity index (χ0n) is 13.6. The first-order valence-electron chi connectivity index (χ1n) is 8.28. The van der Waals surface area contributed by atoms with Gasteiger partial charge in [0.15, 0.2) is 0 Å². The van der Waals surface area contributed by atoms with Gasteiger partial charge in [-0.2, -0.15) is 0 Å². The summed E-state index contributed by atoms with van der Waals surface area (Å²) in [5.74, 6) is 0.570. The van der Waals surface area contributed by atoms with Crippen LogP contribution in [0.3, 0.4) is 0 Å². The van der Waals surface area contributed by atoms with E-state index in [1.54, 1.807) is 4.90 Å². The number of piperidine rings is 1. The number of hydrogen-bond acceptors (Lipinski definition) is 3. The third kappa shape index (κ3) is 4.42. The Morgan fingerprint density at radius 3 is 2.32 bits per heavy atom. The summed E-state index contributed by atoms with van der Waals surface area (Å²) < 4.78 is 0. The molecule has 2 heterocycles. The van der Waals surface area contributed by atoms with E-state index < -0.39 is 0 Å². The van der Waals surface area contributed by atoms with Crippen molar-refractivity contribution < 1.29 is 14.4 Å². The molecule has 0 bridgehead atoms. The van der Waals surface area contributed by atoms with E-state index in [9.17, 15) is 14.4 Å². The predicted octanol–water partition coefficient (Wildman–Crippen LogP) is 1.98. The van der Waals surface area contributed by atoms with E-state index in [0.29, 0.717) is 5.92 Å². The minimum atomic E-state index is -0.387. The van der Waals surface area contributed by atoms with Crippen LogP contribution in [0.5, 0.6) is 0 Å². The molecular weight excluding hydrogens is 280 g/mol. The average molecular weight is 306 g/mol. The summed E-state index contributed by atoms with van der Waals surface area (Å²) >= 11 is 0. The highest BCUT2D eigenvalue weighted by Gasteiger charge is 2.29. The number of nitrogens with zero attached hydrogens (tertiary/aromatic N) is 2. The van der Waals surface area contributed by atoms with Crippen LogP contribution in [0.4, 0.5) is 0 Å². The highest BCUT2D eigenvalue weighted by molar-refractivity contribution is 6.14. The Morgan fingerprint density at radius 2 is 1.77 bits per heavy atom. The van der Waals surface area contributed by atoms with Gasteiger partial charge in [0.1, 0.15) is 6.54 Å². The third-order valence-corrected chi connectivity index (χ3v) is 4.56. The van der Waals surface area contributed by atoms with Crippen LogP contribution in [-0.4, -0.2) is 47.2 Å². The van der Waals surface area contributed by atoms with Crippen LogP contribution in [0.15, 0.2) is 12.2 Å². The van der Waals surface area contributed by atoms with E-state index in [1.807, 2.05) is 0 Å². The van der Waals surface area contributed by atoms with E-state index >= 15 is 0 Å². The minimum absolute atomic E-state index is 0.119. The Bertz CT molecular complexity index is 445. The fourth-order valence-corrected chi connectivity index (χ4v) is 3.11. The molecule has 0 aromatic carbocycles. The Morgan fingerprint density at radius 1 is 1.18 bits per heavy atom. The Kier molecular flexibility index (Phi) is 5.75. The molecule has 1 saturated heterocycles. The van der Waals surface area contributed by atoms with Gasteiger partial charge in [0.2, 0.25) is 5.91 Å². The summed E-state index contributed by atoms with van der Waals surface area (Å²) in [4.78, 5) is 38.0. The number of imide groups is 1. The zero-order chi connectivity index (χ0) is 16.1. The molecule has 2 aliphatic rings. The molecular formula is C17H26N2O3. The van der Waals surface area contributed by atoms with E-state index in [0.717, 1.165) is 36.7 Å². The summed E-state index contributed by atoms with van der Waals surface area (Å²) in [6.45, 7) is 5.86. The standard InChI is InChI=1S/C17H26N2O3/c1-13(2)4-3-5-14-8-10-18(11-9-14)17(22)12-19-15(20)6-7-16(19)21/h6-7,13-14H,3-5,8-12H2,1-2H3. The number of carbonyl (C=O) groups excluding carboxylic acids is 3. The number of amides is 3. The fraction of sp³-hybridized carbons (Fsp3) is 0.706. The van der Waals surface area contributed by atoms with Gasteiger partial charge in [-0.15, -0.1) is 0 Å². The lowest BCUT2D eigenvalue weighted by molar-refractivity contribution is -0.145. The zero-order valence-corrected chi connectivity index (χ0v) is 13.6. The first kappa shape index (κ1) is 16.7. The molecule has 122 valence electrons. The first-order valence-corrected chi connectivity index (χ1v) is 8.28. The Labute approximate surface area is 132 Å². The quantitative estimate of drug-likeness (QED) is 0.705. The van der Waals surface area contributed by atoms with Crippen LogP contribution < -0.4 is 0 Å². The molecule has 2 rings (SSSR count). The normalized spacial score (nSPS) is 19.6. The van der Waals surface area contributed by atoms with Gasteiger partial charge in [0.25, 0.3) is 11.8 Å². The number of likely N-dealkylation sites (tertiary alicyclic amines) is 1. The molecule has 0 aromatic rings. The lowest BCUT2D eigenvalue weighted by atomic mass is 9.90. The van der Waals surface area contributed by atoms with E-state index in [2.05, 4.69) is 13.8 Å². The van der Waals surface area contributed by atoms with Crippen LogP contribution in [0, 0.1) is 11.8 Å². The van der Waals surface area contributed by atoms with Crippen LogP contribution in [0.2, 0.25) is 0 Å². The molecule has 5 nitrogen and oxygen atoms in total. The topological polar surface area (TPSA) is 57.7 Å². The van der Waals surface area contributed by atoms with Crippen LogP contribution in [-0.2, 0) is 14.4 Å². The summed E-state index contributed by atoms with van der Waals surface area (Å²) in [6, 6.07) is 0. The van der Waals surface area contributed by atoms with Crippen molar-refractivity contribution >= 4 is 17.7 Å². The minimum Gasteiger partial charge on any atom is -0.341 e. The van der Waals surface area contributed by atoms with Gasteiger partial charge in [-0.1, -0.05) is 33.1 Å². The van der Waals surface area contributed by atoms with E-state index in [4.69, 9.17) is 0 Å². The fourth-order valence-electron chi connectivity index (χ4n) is 3.11. The lowest BCUT2D eigenvalue weighted by Crippen LogP contribution is -2.45. The Hall–Kier alpha value is -1.65. The largest absolute Gasteiger partial charge is 0.341 e. The van der Waals surface area contributed by atoms with Crippen molar-refractivity contribution in [2.75, 3.05) is 19.6 Å². The van der Waals surface area contributed by atoms with Gasteiger partial charge in [-0.05, 0) is 24.7 Å². The van der Waals surface area contributed by atoms with Crippen molar-refractivity contribution in [2.45, 2.75) is 46.0 Å². The number of hydrogen-bond donors (Lipinski definition) is 0. The number of carbonyl (C=O) groups is 3. The molecule has 1 fully saturated rings. The molecule has 3 amide bonds. The van der Waals surface area contributed by atoms with Crippen LogP contribution in [0.1, 0.15) is 46.0 Å². The molecule has 2 aliphatic heterocycles. The molecule has 0 saturated carbocycles. The van der Waals surface area contributed by atoms with Gasteiger partial charge >= 0.3 is 0 Å². The maximum atomic E-state index is 12.2. The second kappa shape index (κ2) is 7.56. The summed E-state index contributed by atoms with van der Waals surface area (Å²) in [5, 5.41) is 0. The summed E-state index contributed by atoms with van der Waals surface area (Å²) in [7, 11) is 0. The maximum Gasteiger partial charge on any atom is 0.254 e. The smallest absolute Gasteiger partial charge is 0.254 e. The van der Waals surface area contributed by atoms with E-state index in [1.165, 1.54) is 31.4 Å². The highest BCUT2D eigenvalue weighted by atomic mass is 16.2. The van der Waals surface area contributed by atoms with Crippen molar-refractivity contribution in [1.82, 2.24) is 9.80 Å². The molecule has 0 aromatic heterocycles. The van der Waals surface area contributed by atoms with Gasteiger partial charge in [-0.25, -0.2) is 0 Å². The highest BCUT2D eigenvalue weighted by Crippen LogP contribution is 2.24. The SMILES string of the molecule is CC(C)CCCC1CCN(C(=O)CN2C(=O)C=CC2=O)CC1. The molecule has 0 unspecified atom stereocenters. The van der Waals surface area contributed by atoms with Crippen molar-refractivity contribution in [3.8, 4) is 0 Å². The molecule has 0 radical (unpaired) electrons. The second-order valence-corrected chi connectivity index (χ2v) is 6.74. The molecule has 0 atom stereocenters. The maximum absolute atomic E-state index is 12.2. The average Bonchev–Trinajstić information content (AvgIpc) is 2.79. The molecule has 0 N–H and O–H groups in total. The second-order valence-electron chi connectivity index (χ2n) is 6.74. The monoisotopic (exact) mass is 306 g/mol. The summed E-state index contributed by atoms with van der Waals surface area (Å²) in [5.41, 5.74) is 0.